The van der Waals surface area contributed by atoms with Gasteiger partial charge in [-0.15, -0.1) is 0 Å². The maximum atomic E-state index is 10.5. The van der Waals surface area contributed by atoms with Gasteiger partial charge in [0.15, 0.2) is 0 Å². The quantitative estimate of drug-likeness (QED) is 0.827. The molecule has 0 bridgehead atoms. The Morgan fingerprint density at radius 3 is 2.53 bits per heavy atom. The van der Waals surface area contributed by atoms with Crippen molar-refractivity contribution in [1.82, 2.24) is 0 Å². The largest absolute Gasteiger partial charge is 0.497 e. The Kier molecular flexibility index (Phi) is 4.82. The second kappa shape index (κ2) is 6.13. The highest BCUT2D eigenvalue weighted by Gasteiger charge is 2.08. The van der Waals surface area contributed by atoms with E-state index in [0.29, 0.717) is 12.8 Å². The Labute approximate surface area is 101 Å². The Bertz CT molecular complexity index is 399. The van der Waals surface area contributed by atoms with E-state index >= 15 is 0 Å². The first-order valence-corrected chi connectivity index (χ1v) is 5.51. The fourth-order valence-corrected chi connectivity index (χ4v) is 1.74. The maximum Gasteiger partial charge on any atom is 0.303 e. The molecule has 0 fully saturated rings. The molecule has 4 heteroatoms. The standard InChI is InChI=1S/C13H18O4/c1-9-10(5-4-6-13(14)15)7-11(16-2)8-12(9)17-3/h7-8H,4-6H2,1-3H3,(H,14,15). The van der Waals surface area contributed by atoms with Gasteiger partial charge < -0.3 is 14.6 Å². The lowest BCUT2D eigenvalue weighted by Crippen LogP contribution is -1.99. The number of carboxylic acid groups (broad SMARTS) is 1. The number of methoxy groups -OCH3 is 2. The minimum Gasteiger partial charge on any atom is -0.497 e. The van der Waals surface area contributed by atoms with E-state index in [1.165, 1.54) is 0 Å². The summed E-state index contributed by atoms with van der Waals surface area (Å²) >= 11 is 0. The van der Waals surface area contributed by atoms with E-state index in [4.69, 9.17) is 14.6 Å². The Hall–Kier alpha value is -1.71. The van der Waals surface area contributed by atoms with Crippen LogP contribution in [-0.2, 0) is 11.2 Å². The molecule has 0 amide bonds. The number of aliphatic carboxylic acids is 1. The number of hydrogen-bond acceptors (Lipinski definition) is 3. The van der Waals surface area contributed by atoms with Gasteiger partial charge in [-0.25, -0.2) is 0 Å². The van der Waals surface area contributed by atoms with E-state index in [9.17, 15) is 4.79 Å². The van der Waals surface area contributed by atoms with Crippen LogP contribution in [0, 0.1) is 6.92 Å². The molecule has 0 aliphatic heterocycles. The van der Waals surface area contributed by atoms with Crippen molar-refractivity contribution in [3.63, 3.8) is 0 Å². The van der Waals surface area contributed by atoms with Gasteiger partial charge in [-0.05, 0) is 37.0 Å². The summed E-state index contributed by atoms with van der Waals surface area (Å²) in [4.78, 5) is 10.5. The van der Waals surface area contributed by atoms with Crippen molar-refractivity contribution in [3.05, 3.63) is 23.3 Å². The monoisotopic (exact) mass is 238 g/mol. The van der Waals surface area contributed by atoms with Gasteiger partial charge in [0.05, 0.1) is 14.2 Å². The number of carboxylic acids is 1. The smallest absolute Gasteiger partial charge is 0.303 e. The molecule has 94 valence electrons. The highest BCUT2D eigenvalue weighted by molar-refractivity contribution is 5.66. The number of hydrogen-bond donors (Lipinski definition) is 1. The third-order valence-corrected chi connectivity index (χ3v) is 2.73. The third kappa shape index (κ3) is 3.66. The van der Waals surface area contributed by atoms with Crippen LogP contribution in [0.15, 0.2) is 12.1 Å². The normalized spacial score (nSPS) is 10.1. The number of ether oxygens (including phenoxy) is 2. The summed E-state index contributed by atoms with van der Waals surface area (Å²) in [7, 11) is 3.22. The Morgan fingerprint density at radius 1 is 1.29 bits per heavy atom. The first kappa shape index (κ1) is 13.4. The van der Waals surface area contributed by atoms with Gasteiger partial charge in [-0.1, -0.05) is 0 Å². The summed E-state index contributed by atoms with van der Waals surface area (Å²) < 4.78 is 10.4. The van der Waals surface area contributed by atoms with E-state index in [2.05, 4.69) is 0 Å². The van der Waals surface area contributed by atoms with E-state index in [1.54, 1.807) is 14.2 Å². The van der Waals surface area contributed by atoms with Crippen LogP contribution >= 0.6 is 0 Å². The predicted octanol–water partition coefficient (Wildman–Crippen LogP) is 2.42. The summed E-state index contributed by atoms with van der Waals surface area (Å²) in [6.07, 6.45) is 1.51. The zero-order valence-corrected chi connectivity index (χ0v) is 10.4. The van der Waals surface area contributed by atoms with Crippen LogP contribution < -0.4 is 9.47 Å². The summed E-state index contributed by atoms with van der Waals surface area (Å²) in [5, 5.41) is 8.61. The van der Waals surface area contributed by atoms with Gasteiger partial charge in [0.2, 0.25) is 0 Å². The van der Waals surface area contributed by atoms with Gasteiger partial charge >= 0.3 is 5.97 Å². The van der Waals surface area contributed by atoms with E-state index < -0.39 is 5.97 Å². The zero-order valence-electron chi connectivity index (χ0n) is 10.4. The summed E-state index contributed by atoms with van der Waals surface area (Å²) in [6, 6.07) is 3.76. The van der Waals surface area contributed by atoms with Crippen molar-refractivity contribution in [2.75, 3.05) is 14.2 Å². The van der Waals surface area contributed by atoms with Gasteiger partial charge in [0, 0.05) is 12.5 Å². The second-order valence-electron chi connectivity index (χ2n) is 3.86. The molecular formula is C13H18O4. The molecule has 1 aromatic carbocycles. The van der Waals surface area contributed by atoms with Crippen LogP contribution in [0.25, 0.3) is 0 Å². The van der Waals surface area contributed by atoms with Crippen LogP contribution in [0.4, 0.5) is 0 Å². The molecule has 0 heterocycles. The lowest BCUT2D eigenvalue weighted by Gasteiger charge is -2.12. The lowest BCUT2D eigenvalue weighted by atomic mass is 10.0. The first-order valence-electron chi connectivity index (χ1n) is 5.51. The molecule has 0 spiro atoms. The van der Waals surface area contributed by atoms with Crippen molar-refractivity contribution in [2.24, 2.45) is 0 Å². The summed E-state index contributed by atoms with van der Waals surface area (Å²) in [5.41, 5.74) is 2.11. The highest BCUT2D eigenvalue weighted by Crippen LogP contribution is 2.28. The second-order valence-corrected chi connectivity index (χ2v) is 3.86. The van der Waals surface area contributed by atoms with Crippen LogP contribution in [0.1, 0.15) is 24.0 Å². The number of carbonyl (C=O) groups is 1. The molecule has 0 aromatic heterocycles. The Morgan fingerprint density at radius 2 is 2.00 bits per heavy atom. The van der Waals surface area contributed by atoms with Gasteiger partial charge in [0.25, 0.3) is 0 Å². The van der Waals surface area contributed by atoms with Crippen LogP contribution in [0.3, 0.4) is 0 Å². The molecule has 0 saturated carbocycles. The first-order chi connectivity index (χ1) is 8.08. The fraction of sp³-hybridized carbons (Fsp3) is 0.462. The summed E-state index contributed by atoms with van der Waals surface area (Å²) in [5.74, 6) is 0.741. The SMILES string of the molecule is COc1cc(CCCC(=O)O)c(C)c(OC)c1. The number of rotatable bonds is 6. The molecule has 0 aliphatic rings. The molecule has 4 nitrogen and oxygen atoms in total. The van der Waals surface area contributed by atoms with Gasteiger partial charge in [-0.2, -0.15) is 0 Å². The van der Waals surface area contributed by atoms with Crippen LogP contribution in [0.5, 0.6) is 11.5 Å². The maximum absolute atomic E-state index is 10.5. The van der Waals surface area contributed by atoms with Gasteiger partial charge in [-0.3, -0.25) is 4.79 Å². The minimum absolute atomic E-state index is 0.180. The van der Waals surface area contributed by atoms with Crippen LogP contribution in [-0.4, -0.2) is 25.3 Å². The van der Waals surface area contributed by atoms with Crippen molar-refractivity contribution in [1.29, 1.82) is 0 Å². The van der Waals surface area contributed by atoms with Crippen LogP contribution in [0.2, 0.25) is 0 Å². The molecule has 1 rings (SSSR count). The van der Waals surface area contributed by atoms with Crippen molar-refractivity contribution >= 4 is 5.97 Å². The molecule has 1 aromatic rings. The molecule has 1 N–H and O–H groups in total. The van der Waals surface area contributed by atoms with Gasteiger partial charge in [0.1, 0.15) is 11.5 Å². The van der Waals surface area contributed by atoms with E-state index in [1.807, 2.05) is 19.1 Å². The third-order valence-electron chi connectivity index (χ3n) is 2.73. The van der Waals surface area contributed by atoms with Crippen molar-refractivity contribution in [2.45, 2.75) is 26.2 Å². The fourth-order valence-electron chi connectivity index (χ4n) is 1.74. The average molecular weight is 238 g/mol. The zero-order chi connectivity index (χ0) is 12.8. The molecule has 17 heavy (non-hydrogen) atoms. The number of benzene rings is 1. The highest BCUT2D eigenvalue weighted by atomic mass is 16.5. The minimum atomic E-state index is -0.766. The molecule has 0 unspecified atom stereocenters. The molecule has 0 radical (unpaired) electrons. The Balaban J connectivity index is 2.85. The molecular weight excluding hydrogens is 220 g/mol. The molecule has 0 saturated heterocycles. The molecule has 0 atom stereocenters. The topological polar surface area (TPSA) is 55.8 Å². The molecule has 0 aliphatic carbocycles. The van der Waals surface area contributed by atoms with Crippen molar-refractivity contribution in [3.8, 4) is 11.5 Å². The summed E-state index contributed by atoms with van der Waals surface area (Å²) in [6.45, 7) is 1.97. The van der Waals surface area contributed by atoms with E-state index in [-0.39, 0.29) is 6.42 Å². The predicted molar refractivity (Wildman–Crippen MR) is 64.9 cm³/mol. The van der Waals surface area contributed by atoms with Crippen molar-refractivity contribution < 1.29 is 19.4 Å². The van der Waals surface area contributed by atoms with E-state index in [0.717, 1.165) is 22.6 Å². The average Bonchev–Trinajstić information content (AvgIpc) is 2.31. The number of aryl methyl sites for hydroxylation is 1. The lowest BCUT2D eigenvalue weighted by molar-refractivity contribution is -0.137.